The van der Waals surface area contributed by atoms with E-state index in [1.165, 1.54) is 11.6 Å². The van der Waals surface area contributed by atoms with Crippen LogP contribution in [-0.4, -0.2) is 8.42 Å². The average molecular weight is 305 g/mol. The maximum Gasteiger partial charge on any atom is 0.238 e. The van der Waals surface area contributed by atoms with Crippen LogP contribution in [0.1, 0.15) is 16.7 Å². The van der Waals surface area contributed by atoms with Crippen LogP contribution in [0.4, 0.5) is 17.1 Å². The van der Waals surface area contributed by atoms with E-state index in [2.05, 4.69) is 5.32 Å². The number of nitrogens with one attached hydrogen (secondary N) is 1. The summed E-state index contributed by atoms with van der Waals surface area (Å²) in [6, 6.07) is 8.99. The Morgan fingerprint density at radius 1 is 1.00 bits per heavy atom. The van der Waals surface area contributed by atoms with E-state index in [1.54, 1.807) is 13.0 Å². The van der Waals surface area contributed by atoms with Crippen LogP contribution in [-0.2, 0) is 10.0 Å². The van der Waals surface area contributed by atoms with Crippen molar-refractivity contribution in [3.63, 3.8) is 0 Å². The van der Waals surface area contributed by atoms with Crippen LogP contribution < -0.4 is 16.2 Å². The molecule has 0 aromatic heterocycles. The molecule has 0 spiro atoms. The summed E-state index contributed by atoms with van der Waals surface area (Å²) in [6.07, 6.45) is 0. The van der Waals surface area contributed by atoms with Gasteiger partial charge in [-0.2, -0.15) is 0 Å². The lowest BCUT2D eigenvalue weighted by atomic mass is 10.1. The minimum absolute atomic E-state index is 0.0360. The van der Waals surface area contributed by atoms with Crippen LogP contribution in [0.2, 0.25) is 0 Å². The van der Waals surface area contributed by atoms with Gasteiger partial charge in [-0.1, -0.05) is 6.07 Å². The molecule has 5 nitrogen and oxygen atoms in total. The lowest BCUT2D eigenvalue weighted by Crippen LogP contribution is -2.15. The highest BCUT2D eigenvalue weighted by atomic mass is 32.2. The SMILES string of the molecule is Cc1ccc(Nc2cc(N)cc(S(N)(=O)=O)c2C)cc1C. The molecule has 21 heavy (non-hydrogen) atoms. The zero-order chi connectivity index (χ0) is 15.8. The number of anilines is 3. The van der Waals surface area contributed by atoms with Crippen LogP contribution in [0.5, 0.6) is 0 Å². The Balaban J connectivity index is 2.49. The first-order valence-electron chi connectivity index (χ1n) is 6.45. The minimum atomic E-state index is -3.81. The van der Waals surface area contributed by atoms with Crippen molar-refractivity contribution in [2.45, 2.75) is 25.7 Å². The smallest absolute Gasteiger partial charge is 0.238 e. The summed E-state index contributed by atoms with van der Waals surface area (Å²) in [5.74, 6) is 0. The first-order valence-corrected chi connectivity index (χ1v) is 8.00. The second-order valence-corrected chi connectivity index (χ2v) is 6.69. The second kappa shape index (κ2) is 5.38. The Morgan fingerprint density at radius 3 is 2.24 bits per heavy atom. The number of hydrogen-bond donors (Lipinski definition) is 3. The predicted octanol–water partition coefficient (Wildman–Crippen LogP) is 2.59. The van der Waals surface area contributed by atoms with Gasteiger partial charge in [-0.05, 0) is 61.7 Å². The van der Waals surface area contributed by atoms with Gasteiger partial charge in [0, 0.05) is 17.1 Å². The molecule has 0 amide bonds. The number of hydrogen-bond acceptors (Lipinski definition) is 4. The topological polar surface area (TPSA) is 98.2 Å². The van der Waals surface area contributed by atoms with E-state index in [0.717, 1.165) is 11.3 Å². The first kappa shape index (κ1) is 15.3. The predicted molar refractivity (Wildman–Crippen MR) is 86.2 cm³/mol. The lowest BCUT2D eigenvalue weighted by molar-refractivity contribution is 0.597. The van der Waals surface area contributed by atoms with Crippen molar-refractivity contribution < 1.29 is 8.42 Å². The molecule has 2 aromatic carbocycles. The molecule has 0 heterocycles. The fourth-order valence-corrected chi connectivity index (χ4v) is 2.95. The minimum Gasteiger partial charge on any atom is -0.399 e. The van der Waals surface area contributed by atoms with Crippen molar-refractivity contribution in [3.8, 4) is 0 Å². The highest BCUT2D eigenvalue weighted by Gasteiger charge is 2.15. The molecule has 0 saturated carbocycles. The second-order valence-electron chi connectivity index (χ2n) is 5.16. The van der Waals surface area contributed by atoms with Crippen LogP contribution in [0, 0.1) is 20.8 Å². The monoisotopic (exact) mass is 305 g/mol. The highest BCUT2D eigenvalue weighted by molar-refractivity contribution is 7.89. The Morgan fingerprint density at radius 2 is 1.67 bits per heavy atom. The first-order chi connectivity index (χ1) is 9.68. The largest absolute Gasteiger partial charge is 0.399 e. The molecule has 0 fully saturated rings. The van der Waals surface area contributed by atoms with Crippen LogP contribution in [0.15, 0.2) is 35.2 Å². The van der Waals surface area contributed by atoms with Gasteiger partial charge in [-0.25, -0.2) is 13.6 Å². The van der Waals surface area contributed by atoms with Gasteiger partial charge in [-0.15, -0.1) is 0 Å². The standard InChI is InChI=1S/C15H19N3O2S/c1-9-4-5-13(6-10(9)2)18-14-7-12(16)8-15(11(14)3)21(17,19)20/h4-8,18H,16H2,1-3H3,(H2,17,19,20). The van der Waals surface area contributed by atoms with Gasteiger partial charge in [0.2, 0.25) is 10.0 Å². The van der Waals surface area contributed by atoms with Gasteiger partial charge in [0.05, 0.1) is 4.90 Å². The van der Waals surface area contributed by atoms with Crippen molar-refractivity contribution in [1.29, 1.82) is 0 Å². The van der Waals surface area contributed by atoms with Crippen molar-refractivity contribution in [2.24, 2.45) is 5.14 Å². The maximum absolute atomic E-state index is 11.6. The van der Waals surface area contributed by atoms with Crippen molar-refractivity contribution in [3.05, 3.63) is 47.0 Å². The molecule has 5 N–H and O–H groups in total. The Labute approximate surface area is 125 Å². The number of nitrogen functional groups attached to an aromatic ring is 1. The van der Waals surface area contributed by atoms with E-state index in [-0.39, 0.29) is 4.90 Å². The number of aryl methyl sites for hydroxylation is 2. The maximum atomic E-state index is 11.6. The van der Waals surface area contributed by atoms with Crippen LogP contribution in [0.3, 0.4) is 0 Å². The number of primary sulfonamides is 1. The summed E-state index contributed by atoms with van der Waals surface area (Å²) in [5, 5.41) is 8.42. The molecule has 0 aliphatic heterocycles. The molecule has 0 atom stereocenters. The summed E-state index contributed by atoms with van der Waals surface area (Å²) in [7, 11) is -3.81. The molecule has 0 saturated heterocycles. The Kier molecular flexibility index (Phi) is 3.93. The van der Waals surface area contributed by atoms with Gasteiger partial charge < -0.3 is 11.1 Å². The molecule has 0 aliphatic carbocycles. The van der Waals surface area contributed by atoms with E-state index < -0.39 is 10.0 Å². The number of benzene rings is 2. The molecule has 2 rings (SSSR count). The van der Waals surface area contributed by atoms with E-state index in [1.807, 2.05) is 32.0 Å². The molecule has 2 aromatic rings. The summed E-state index contributed by atoms with van der Waals surface area (Å²) in [5.41, 5.74) is 10.5. The van der Waals surface area contributed by atoms with E-state index in [9.17, 15) is 8.42 Å². The van der Waals surface area contributed by atoms with E-state index in [4.69, 9.17) is 10.9 Å². The van der Waals surface area contributed by atoms with Gasteiger partial charge in [0.15, 0.2) is 0 Å². The van der Waals surface area contributed by atoms with Gasteiger partial charge in [0.1, 0.15) is 0 Å². The summed E-state index contributed by atoms with van der Waals surface area (Å²) >= 11 is 0. The van der Waals surface area contributed by atoms with Crippen LogP contribution >= 0.6 is 0 Å². The molecule has 0 unspecified atom stereocenters. The zero-order valence-corrected chi connectivity index (χ0v) is 13.1. The third-order valence-electron chi connectivity index (χ3n) is 3.47. The van der Waals surface area contributed by atoms with E-state index in [0.29, 0.717) is 16.9 Å². The molecular formula is C15H19N3O2S. The Hall–Kier alpha value is -2.05. The molecule has 0 bridgehead atoms. The quantitative estimate of drug-likeness (QED) is 0.759. The number of rotatable bonds is 3. The third kappa shape index (κ3) is 3.34. The van der Waals surface area contributed by atoms with Gasteiger partial charge >= 0.3 is 0 Å². The van der Waals surface area contributed by atoms with Gasteiger partial charge in [-0.3, -0.25) is 0 Å². The van der Waals surface area contributed by atoms with Crippen molar-refractivity contribution in [2.75, 3.05) is 11.1 Å². The number of sulfonamides is 1. The molecule has 0 radical (unpaired) electrons. The van der Waals surface area contributed by atoms with Crippen molar-refractivity contribution in [1.82, 2.24) is 0 Å². The van der Waals surface area contributed by atoms with Gasteiger partial charge in [0.25, 0.3) is 0 Å². The zero-order valence-electron chi connectivity index (χ0n) is 12.3. The summed E-state index contributed by atoms with van der Waals surface area (Å²) < 4.78 is 23.2. The molecule has 0 aliphatic rings. The average Bonchev–Trinajstić information content (AvgIpc) is 2.36. The summed E-state index contributed by atoms with van der Waals surface area (Å²) in [6.45, 7) is 5.75. The third-order valence-corrected chi connectivity index (χ3v) is 4.51. The highest BCUT2D eigenvalue weighted by Crippen LogP contribution is 2.29. The normalized spacial score (nSPS) is 11.4. The fourth-order valence-electron chi connectivity index (χ4n) is 2.11. The molecular weight excluding hydrogens is 286 g/mol. The summed E-state index contributed by atoms with van der Waals surface area (Å²) in [4.78, 5) is 0.0360. The molecule has 112 valence electrons. The number of nitrogens with two attached hydrogens (primary N) is 2. The van der Waals surface area contributed by atoms with Crippen molar-refractivity contribution >= 4 is 27.1 Å². The van der Waals surface area contributed by atoms with E-state index >= 15 is 0 Å². The fraction of sp³-hybridized carbons (Fsp3) is 0.200. The molecule has 6 heteroatoms. The lowest BCUT2D eigenvalue weighted by Gasteiger charge is -2.14. The Bertz CT molecular complexity index is 799. The van der Waals surface area contributed by atoms with Crippen LogP contribution in [0.25, 0.3) is 0 Å².